The van der Waals surface area contributed by atoms with Gasteiger partial charge in [0.05, 0.1) is 5.75 Å². The van der Waals surface area contributed by atoms with Crippen LogP contribution in [0.2, 0.25) is 0 Å². The van der Waals surface area contributed by atoms with Crippen LogP contribution in [-0.4, -0.2) is 20.4 Å². The molecule has 0 saturated carbocycles. The number of ether oxygens (including phenoxy) is 1. The average Bonchev–Trinajstić information content (AvgIpc) is 2.77. The van der Waals surface area contributed by atoms with E-state index >= 15 is 0 Å². The molecule has 0 aliphatic carbocycles. The van der Waals surface area contributed by atoms with Crippen LogP contribution in [-0.2, 0) is 28.9 Å². The summed E-state index contributed by atoms with van der Waals surface area (Å²) < 4.78 is 45.3. The molecule has 0 aliphatic heterocycles. The first kappa shape index (κ1) is 24.4. The zero-order valence-electron chi connectivity index (χ0n) is 18.5. The van der Waals surface area contributed by atoms with E-state index in [4.69, 9.17) is 4.74 Å². The fraction of sp³-hybridized carbons (Fsp3) is 0.240. The van der Waals surface area contributed by atoms with E-state index in [2.05, 4.69) is 10.0 Å². The number of benzene rings is 3. The summed E-state index contributed by atoms with van der Waals surface area (Å²) in [4.78, 5) is 12.5. The molecule has 0 spiro atoms. The van der Waals surface area contributed by atoms with Crippen molar-refractivity contribution in [3.63, 3.8) is 0 Å². The minimum absolute atomic E-state index is 0.0947. The molecule has 174 valence electrons. The number of sulfonamides is 1. The van der Waals surface area contributed by atoms with Gasteiger partial charge in [-0.25, -0.2) is 17.5 Å². The summed E-state index contributed by atoms with van der Waals surface area (Å²) in [6.45, 7) is 4.12. The highest BCUT2D eigenvalue weighted by molar-refractivity contribution is 7.88. The van der Waals surface area contributed by atoms with Crippen LogP contribution in [0.5, 0.6) is 5.75 Å². The smallest absolute Gasteiger partial charge is 0.251 e. The van der Waals surface area contributed by atoms with Gasteiger partial charge in [-0.3, -0.25) is 4.79 Å². The molecule has 0 heterocycles. The molecule has 3 rings (SSSR count). The van der Waals surface area contributed by atoms with Gasteiger partial charge in [0.2, 0.25) is 10.0 Å². The zero-order chi connectivity index (χ0) is 23.8. The van der Waals surface area contributed by atoms with Gasteiger partial charge in [0.1, 0.15) is 18.2 Å². The standard InChI is InChI=1S/C25H27FN2O4S/c1-18(2)28-33(30,31)17-21-8-6-19(7-9-21)15-27-25(29)22-4-3-5-24(14-22)32-16-20-10-12-23(26)13-11-20/h3-14,18,28H,15-17H2,1-2H3,(H,27,29). The quantitative estimate of drug-likeness (QED) is 0.466. The van der Waals surface area contributed by atoms with Crippen molar-refractivity contribution in [2.75, 3.05) is 0 Å². The fourth-order valence-electron chi connectivity index (χ4n) is 3.13. The minimum Gasteiger partial charge on any atom is -0.489 e. The van der Waals surface area contributed by atoms with E-state index in [0.29, 0.717) is 23.4 Å². The summed E-state index contributed by atoms with van der Waals surface area (Å²) in [5.41, 5.74) is 2.80. The number of rotatable bonds is 10. The lowest BCUT2D eigenvalue weighted by molar-refractivity contribution is 0.0950. The van der Waals surface area contributed by atoms with Crippen LogP contribution < -0.4 is 14.8 Å². The van der Waals surface area contributed by atoms with E-state index in [1.54, 1.807) is 74.5 Å². The van der Waals surface area contributed by atoms with Crippen LogP contribution in [0.1, 0.15) is 40.9 Å². The normalized spacial score (nSPS) is 11.4. The van der Waals surface area contributed by atoms with Gasteiger partial charge in [-0.15, -0.1) is 0 Å². The number of halogens is 1. The molecule has 3 aromatic carbocycles. The number of carbonyl (C=O) groups excluding carboxylic acids is 1. The lowest BCUT2D eigenvalue weighted by atomic mass is 10.1. The maximum atomic E-state index is 13.0. The second-order valence-corrected chi connectivity index (χ2v) is 9.73. The monoisotopic (exact) mass is 470 g/mol. The maximum absolute atomic E-state index is 13.0. The van der Waals surface area contributed by atoms with Crippen molar-refractivity contribution in [2.45, 2.75) is 38.8 Å². The largest absolute Gasteiger partial charge is 0.489 e. The number of amides is 1. The Morgan fingerprint density at radius 3 is 2.24 bits per heavy atom. The molecule has 0 aliphatic rings. The summed E-state index contributed by atoms with van der Waals surface area (Å²) in [5, 5.41) is 2.85. The number of hydrogen-bond donors (Lipinski definition) is 2. The second kappa shape index (κ2) is 11.1. The van der Waals surface area contributed by atoms with Crippen molar-refractivity contribution < 1.29 is 22.3 Å². The highest BCUT2D eigenvalue weighted by Gasteiger charge is 2.13. The molecule has 0 unspecified atom stereocenters. The third-order valence-corrected chi connectivity index (χ3v) is 6.21. The summed E-state index contributed by atoms with van der Waals surface area (Å²) in [5.74, 6) is -0.120. The van der Waals surface area contributed by atoms with E-state index in [1.807, 2.05) is 0 Å². The van der Waals surface area contributed by atoms with E-state index in [0.717, 1.165) is 11.1 Å². The van der Waals surface area contributed by atoms with Crippen molar-refractivity contribution in [1.29, 1.82) is 0 Å². The fourth-order valence-corrected chi connectivity index (χ4v) is 4.57. The first-order valence-electron chi connectivity index (χ1n) is 10.5. The molecule has 0 radical (unpaired) electrons. The topological polar surface area (TPSA) is 84.5 Å². The van der Waals surface area contributed by atoms with Gasteiger partial charge in [-0.1, -0.05) is 42.5 Å². The summed E-state index contributed by atoms with van der Waals surface area (Å²) in [6, 6.07) is 19.8. The average molecular weight is 471 g/mol. The van der Waals surface area contributed by atoms with E-state index in [1.165, 1.54) is 12.1 Å². The summed E-state index contributed by atoms with van der Waals surface area (Å²) in [6.07, 6.45) is 0. The molecule has 0 atom stereocenters. The van der Waals surface area contributed by atoms with Gasteiger partial charge in [0.25, 0.3) is 5.91 Å². The van der Waals surface area contributed by atoms with Crippen molar-refractivity contribution in [3.05, 3.63) is 101 Å². The summed E-state index contributed by atoms with van der Waals surface area (Å²) >= 11 is 0. The third-order valence-electron chi connectivity index (χ3n) is 4.66. The number of nitrogens with one attached hydrogen (secondary N) is 2. The maximum Gasteiger partial charge on any atom is 0.251 e. The third kappa shape index (κ3) is 8.00. The van der Waals surface area contributed by atoms with Gasteiger partial charge in [0.15, 0.2) is 0 Å². The zero-order valence-corrected chi connectivity index (χ0v) is 19.4. The van der Waals surface area contributed by atoms with Crippen molar-refractivity contribution >= 4 is 15.9 Å². The van der Waals surface area contributed by atoms with E-state index in [-0.39, 0.29) is 30.1 Å². The van der Waals surface area contributed by atoms with Crippen LogP contribution in [0.15, 0.2) is 72.8 Å². The van der Waals surface area contributed by atoms with Crippen LogP contribution in [0, 0.1) is 5.82 Å². The Morgan fingerprint density at radius 1 is 0.939 bits per heavy atom. The van der Waals surface area contributed by atoms with Crippen LogP contribution in [0.25, 0.3) is 0 Å². The Balaban J connectivity index is 1.53. The highest BCUT2D eigenvalue weighted by Crippen LogP contribution is 2.16. The predicted octanol–water partition coefficient (Wildman–Crippen LogP) is 4.16. The van der Waals surface area contributed by atoms with Gasteiger partial charge in [-0.05, 0) is 60.9 Å². The SMILES string of the molecule is CC(C)NS(=O)(=O)Cc1ccc(CNC(=O)c2cccc(OCc3ccc(F)cc3)c2)cc1. The molecule has 2 N–H and O–H groups in total. The Hall–Kier alpha value is -3.23. The first-order valence-corrected chi connectivity index (χ1v) is 12.2. The molecule has 0 fully saturated rings. The first-order chi connectivity index (χ1) is 15.7. The number of carbonyl (C=O) groups is 1. The van der Waals surface area contributed by atoms with Crippen LogP contribution >= 0.6 is 0 Å². The molecular weight excluding hydrogens is 443 g/mol. The molecule has 0 bridgehead atoms. The Labute approximate surface area is 193 Å². The second-order valence-electron chi connectivity index (χ2n) is 7.97. The van der Waals surface area contributed by atoms with Gasteiger partial charge < -0.3 is 10.1 Å². The molecule has 0 aromatic heterocycles. The molecule has 33 heavy (non-hydrogen) atoms. The van der Waals surface area contributed by atoms with Crippen molar-refractivity contribution in [2.24, 2.45) is 0 Å². The van der Waals surface area contributed by atoms with Crippen LogP contribution in [0.3, 0.4) is 0 Å². The number of hydrogen-bond acceptors (Lipinski definition) is 4. The predicted molar refractivity (Wildman–Crippen MR) is 126 cm³/mol. The van der Waals surface area contributed by atoms with Crippen LogP contribution in [0.4, 0.5) is 4.39 Å². The minimum atomic E-state index is -3.39. The molecule has 3 aromatic rings. The summed E-state index contributed by atoms with van der Waals surface area (Å²) in [7, 11) is -3.39. The van der Waals surface area contributed by atoms with E-state index in [9.17, 15) is 17.6 Å². The van der Waals surface area contributed by atoms with Gasteiger partial charge in [0, 0.05) is 18.2 Å². The highest BCUT2D eigenvalue weighted by atomic mass is 32.2. The Bertz CT molecular complexity index is 1180. The lowest BCUT2D eigenvalue weighted by Gasteiger charge is -2.11. The Kier molecular flexibility index (Phi) is 8.19. The molecular formula is C25H27FN2O4S. The molecule has 6 nitrogen and oxygen atoms in total. The van der Waals surface area contributed by atoms with Gasteiger partial charge in [-0.2, -0.15) is 0 Å². The van der Waals surface area contributed by atoms with Gasteiger partial charge >= 0.3 is 0 Å². The van der Waals surface area contributed by atoms with Crippen molar-refractivity contribution in [3.8, 4) is 5.75 Å². The Morgan fingerprint density at radius 2 is 1.58 bits per heavy atom. The lowest BCUT2D eigenvalue weighted by Crippen LogP contribution is -2.31. The molecule has 1 amide bonds. The van der Waals surface area contributed by atoms with Crippen molar-refractivity contribution in [1.82, 2.24) is 10.0 Å². The van der Waals surface area contributed by atoms with E-state index < -0.39 is 10.0 Å². The molecule has 0 saturated heterocycles. The molecule has 8 heteroatoms.